The Morgan fingerprint density at radius 2 is 1.93 bits per heavy atom. The van der Waals surface area contributed by atoms with E-state index in [9.17, 15) is 9.59 Å². The molecule has 0 saturated carbocycles. The van der Waals surface area contributed by atoms with Gasteiger partial charge < -0.3 is 15.2 Å². The number of amides is 1. The number of nitrogens with one attached hydrogen (secondary N) is 3. The fourth-order valence-corrected chi connectivity index (χ4v) is 4.73. The summed E-state index contributed by atoms with van der Waals surface area (Å²) in [7, 11) is 0. The highest BCUT2D eigenvalue weighted by Crippen LogP contribution is 2.35. The van der Waals surface area contributed by atoms with Crippen LogP contribution in [0.15, 0.2) is 41.2 Å². The Hall–Kier alpha value is -3.09. The molecule has 7 heteroatoms. The van der Waals surface area contributed by atoms with Crippen LogP contribution in [0.1, 0.15) is 43.0 Å². The van der Waals surface area contributed by atoms with Gasteiger partial charge in [0.1, 0.15) is 5.82 Å². The highest BCUT2D eigenvalue weighted by Gasteiger charge is 2.30. The lowest BCUT2D eigenvalue weighted by Crippen LogP contribution is -2.42. The fourth-order valence-electron chi connectivity index (χ4n) is 4.73. The van der Waals surface area contributed by atoms with Gasteiger partial charge in [-0.2, -0.15) is 5.10 Å². The molecular formula is C22H25N5O2. The van der Waals surface area contributed by atoms with Gasteiger partial charge in [-0.1, -0.05) is 18.2 Å². The van der Waals surface area contributed by atoms with E-state index in [-0.39, 0.29) is 23.4 Å². The van der Waals surface area contributed by atoms with Gasteiger partial charge in [0.2, 0.25) is 5.91 Å². The Bertz CT molecular complexity index is 1070. The number of nitrogens with zero attached hydrogens (tertiary/aromatic N) is 2. The number of carbonyl (C=O) groups excluding carboxylic acids is 1. The molecule has 0 radical (unpaired) electrons. The topological polar surface area (TPSA) is 93.9 Å². The van der Waals surface area contributed by atoms with Crippen molar-refractivity contribution in [3.63, 3.8) is 0 Å². The van der Waals surface area contributed by atoms with Crippen molar-refractivity contribution in [3.05, 3.63) is 58.0 Å². The highest BCUT2D eigenvalue weighted by atomic mass is 16.2. The summed E-state index contributed by atoms with van der Waals surface area (Å²) in [6, 6.07) is 11.7. The number of fused-ring (bicyclic) bond motifs is 3. The largest absolute Gasteiger partial charge is 0.356 e. The number of rotatable bonds is 3. The Morgan fingerprint density at radius 1 is 1.10 bits per heavy atom. The molecule has 0 unspecified atom stereocenters. The van der Waals surface area contributed by atoms with Crippen LogP contribution in [0.25, 0.3) is 10.9 Å². The molecule has 1 aromatic carbocycles. The quantitative estimate of drug-likeness (QED) is 0.640. The minimum absolute atomic E-state index is 0.0174. The van der Waals surface area contributed by atoms with Crippen LogP contribution < -0.4 is 15.8 Å². The van der Waals surface area contributed by atoms with Crippen LogP contribution in [0.2, 0.25) is 0 Å². The van der Waals surface area contributed by atoms with Gasteiger partial charge in [-0.15, -0.1) is 0 Å². The van der Waals surface area contributed by atoms with Crippen LogP contribution in [-0.4, -0.2) is 34.2 Å². The molecule has 0 spiro atoms. The number of piperidine rings is 1. The van der Waals surface area contributed by atoms with Crippen LogP contribution in [-0.2, 0) is 11.2 Å². The summed E-state index contributed by atoms with van der Waals surface area (Å²) in [5.41, 5.74) is 3.49. The predicted octanol–water partition coefficient (Wildman–Crippen LogP) is 2.66. The third-order valence-corrected chi connectivity index (χ3v) is 6.29. The van der Waals surface area contributed by atoms with E-state index in [0.717, 1.165) is 56.5 Å². The van der Waals surface area contributed by atoms with E-state index in [1.807, 2.05) is 6.07 Å². The van der Waals surface area contributed by atoms with E-state index in [2.05, 4.69) is 43.6 Å². The van der Waals surface area contributed by atoms with E-state index in [4.69, 9.17) is 0 Å². The molecule has 3 heterocycles. The minimum atomic E-state index is -0.202. The average Bonchev–Trinajstić information content (AvgIpc) is 3.14. The summed E-state index contributed by atoms with van der Waals surface area (Å²) >= 11 is 0. The van der Waals surface area contributed by atoms with E-state index >= 15 is 0 Å². The van der Waals surface area contributed by atoms with Crippen LogP contribution in [0, 0.1) is 5.92 Å². The Labute approximate surface area is 168 Å². The molecule has 1 fully saturated rings. The molecule has 1 aliphatic carbocycles. The maximum Gasteiger partial charge on any atom is 0.264 e. The number of hydrogen-bond donors (Lipinski definition) is 3. The third kappa shape index (κ3) is 3.41. The maximum atomic E-state index is 13.0. The van der Waals surface area contributed by atoms with Crippen molar-refractivity contribution in [2.45, 2.75) is 38.1 Å². The summed E-state index contributed by atoms with van der Waals surface area (Å²) in [6.07, 6.45) is 4.72. The molecular weight excluding hydrogens is 366 g/mol. The molecule has 1 atom stereocenters. The van der Waals surface area contributed by atoms with Crippen LogP contribution >= 0.6 is 0 Å². The zero-order valence-corrected chi connectivity index (χ0v) is 16.3. The van der Waals surface area contributed by atoms with Gasteiger partial charge in [-0.25, -0.2) is 5.10 Å². The molecule has 150 valence electrons. The highest BCUT2D eigenvalue weighted by molar-refractivity contribution is 5.86. The standard InChI is InChI=1S/C22H25N5O2/c28-20-9-8-19(25-26-20)27-12-10-14(11-13-27)22(29)24-18-7-3-5-16-15-4-1-2-6-17(15)23-21(16)18/h1-2,4,6,8-9,14,18,23H,3,5,7,10-13H2,(H,24,29)(H,26,28)/t18-/m0/s1. The molecule has 1 amide bonds. The smallest absolute Gasteiger partial charge is 0.264 e. The molecule has 2 aliphatic rings. The van der Waals surface area contributed by atoms with Crippen molar-refractivity contribution < 1.29 is 4.79 Å². The zero-order valence-electron chi connectivity index (χ0n) is 16.3. The van der Waals surface area contributed by atoms with Crippen LogP contribution in [0.4, 0.5) is 5.82 Å². The van der Waals surface area contributed by atoms with Crippen molar-refractivity contribution in [2.24, 2.45) is 5.92 Å². The van der Waals surface area contributed by atoms with Gasteiger partial charge in [-0.3, -0.25) is 9.59 Å². The van der Waals surface area contributed by atoms with Gasteiger partial charge in [0, 0.05) is 41.7 Å². The average molecular weight is 391 g/mol. The number of para-hydroxylation sites is 1. The molecule has 2 aromatic heterocycles. The number of aromatic nitrogens is 3. The first-order valence-corrected chi connectivity index (χ1v) is 10.4. The second-order valence-electron chi connectivity index (χ2n) is 8.06. The minimum Gasteiger partial charge on any atom is -0.356 e. The third-order valence-electron chi connectivity index (χ3n) is 6.29. The number of anilines is 1. The summed E-state index contributed by atoms with van der Waals surface area (Å²) in [4.78, 5) is 29.8. The van der Waals surface area contributed by atoms with Gasteiger partial charge >= 0.3 is 0 Å². The lowest BCUT2D eigenvalue weighted by atomic mass is 9.90. The molecule has 3 N–H and O–H groups in total. The molecule has 5 rings (SSSR count). The molecule has 0 bridgehead atoms. The number of aromatic amines is 2. The number of H-pyrrole nitrogens is 2. The second kappa shape index (κ2) is 7.39. The van der Waals surface area contributed by atoms with Crippen LogP contribution in [0.5, 0.6) is 0 Å². The monoisotopic (exact) mass is 391 g/mol. The predicted molar refractivity (Wildman–Crippen MR) is 112 cm³/mol. The van der Waals surface area contributed by atoms with Crippen molar-refractivity contribution in [2.75, 3.05) is 18.0 Å². The zero-order chi connectivity index (χ0) is 19.8. The Kier molecular flexibility index (Phi) is 4.58. The van der Waals surface area contributed by atoms with Gasteiger partial charge in [0.05, 0.1) is 6.04 Å². The van der Waals surface area contributed by atoms with E-state index in [1.54, 1.807) is 6.07 Å². The molecule has 29 heavy (non-hydrogen) atoms. The number of hydrogen-bond acceptors (Lipinski definition) is 4. The second-order valence-corrected chi connectivity index (χ2v) is 8.06. The Balaban J connectivity index is 1.25. The number of carbonyl (C=O) groups is 1. The molecule has 3 aromatic rings. The number of benzene rings is 1. The van der Waals surface area contributed by atoms with Crippen molar-refractivity contribution in [1.82, 2.24) is 20.5 Å². The van der Waals surface area contributed by atoms with E-state index in [0.29, 0.717) is 0 Å². The lowest BCUT2D eigenvalue weighted by Gasteiger charge is -2.33. The first-order chi connectivity index (χ1) is 14.2. The Morgan fingerprint density at radius 3 is 2.72 bits per heavy atom. The lowest BCUT2D eigenvalue weighted by molar-refractivity contribution is -0.126. The number of aryl methyl sites for hydroxylation is 1. The molecule has 1 saturated heterocycles. The van der Waals surface area contributed by atoms with Gasteiger partial charge in [0.15, 0.2) is 0 Å². The van der Waals surface area contributed by atoms with Crippen molar-refractivity contribution >= 4 is 22.6 Å². The van der Waals surface area contributed by atoms with E-state index < -0.39 is 0 Å². The first kappa shape index (κ1) is 18.0. The van der Waals surface area contributed by atoms with Gasteiger partial charge in [0.25, 0.3) is 5.56 Å². The maximum absolute atomic E-state index is 13.0. The van der Waals surface area contributed by atoms with Crippen molar-refractivity contribution in [1.29, 1.82) is 0 Å². The molecule has 7 nitrogen and oxygen atoms in total. The fraction of sp³-hybridized carbons (Fsp3) is 0.409. The van der Waals surface area contributed by atoms with Gasteiger partial charge in [-0.05, 0) is 49.8 Å². The summed E-state index contributed by atoms with van der Waals surface area (Å²) in [6.45, 7) is 1.53. The summed E-state index contributed by atoms with van der Waals surface area (Å²) < 4.78 is 0. The van der Waals surface area contributed by atoms with Crippen LogP contribution in [0.3, 0.4) is 0 Å². The summed E-state index contributed by atoms with van der Waals surface area (Å²) in [5, 5.41) is 11.2. The first-order valence-electron chi connectivity index (χ1n) is 10.4. The summed E-state index contributed by atoms with van der Waals surface area (Å²) in [5.74, 6) is 0.929. The SMILES string of the molecule is O=C(N[C@H]1CCCc2c1[nH]c1ccccc21)C1CCN(c2ccc(=O)[nH]n2)CC1. The normalized spacial score (nSPS) is 19.9. The van der Waals surface area contributed by atoms with E-state index in [1.165, 1.54) is 22.7 Å². The molecule has 1 aliphatic heterocycles. The van der Waals surface area contributed by atoms with Crippen molar-refractivity contribution in [3.8, 4) is 0 Å².